The highest BCUT2D eigenvalue weighted by Crippen LogP contribution is 2.39. The molecule has 0 bridgehead atoms. The van der Waals surface area contributed by atoms with Crippen molar-refractivity contribution >= 4 is 21.2 Å². The number of unbranched alkanes of at least 4 members (excludes halogenated alkanes) is 1. The molecule has 1 aromatic carbocycles. The molecule has 0 radical (unpaired) electrons. The van der Waals surface area contributed by atoms with Crippen LogP contribution >= 0.6 is 11.3 Å². The summed E-state index contributed by atoms with van der Waals surface area (Å²) in [5, 5.41) is -0.304. The Morgan fingerprint density at radius 2 is 1.92 bits per heavy atom. The number of ether oxygens (including phenoxy) is 1. The summed E-state index contributed by atoms with van der Waals surface area (Å²) in [5.74, 6) is 1.22. The molecule has 3 nitrogen and oxygen atoms in total. The van der Waals surface area contributed by atoms with E-state index in [-0.39, 0.29) is 5.25 Å². The van der Waals surface area contributed by atoms with Crippen molar-refractivity contribution in [1.29, 1.82) is 0 Å². The van der Waals surface area contributed by atoms with Crippen molar-refractivity contribution in [3.8, 4) is 16.2 Å². The largest absolute Gasteiger partial charge is 0.494 e. The van der Waals surface area contributed by atoms with Crippen LogP contribution in [0.15, 0.2) is 36.4 Å². The maximum atomic E-state index is 12.3. The molecule has 0 amide bonds. The Hall–Kier alpha value is -1.33. The van der Waals surface area contributed by atoms with Gasteiger partial charge in [0.05, 0.1) is 17.6 Å². The topological polar surface area (TPSA) is 43.4 Å². The minimum Gasteiger partial charge on any atom is -0.494 e. The van der Waals surface area contributed by atoms with Gasteiger partial charge in [-0.1, -0.05) is 19.8 Å². The van der Waals surface area contributed by atoms with E-state index in [0.29, 0.717) is 5.75 Å². The van der Waals surface area contributed by atoms with Gasteiger partial charge in [0.15, 0.2) is 9.84 Å². The third-order valence-corrected chi connectivity index (χ3v) is 8.04. The highest BCUT2D eigenvalue weighted by atomic mass is 32.2. The Balaban J connectivity index is 1.73. The van der Waals surface area contributed by atoms with E-state index in [4.69, 9.17) is 4.74 Å². The molecule has 1 aliphatic heterocycles. The zero-order valence-electron chi connectivity index (χ0n) is 14.0. The normalized spacial score (nSPS) is 20.0. The van der Waals surface area contributed by atoms with Crippen LogP contribution in [0.25, 0.3) is 10.4 Å². The lowest BCUT2D eigenvalue weighted by atomic mass is 10.1. The van der Waals surface area contributed by atoms with Crippen LogP contribution in [0.1, 0.15) is 49.2 Å². The van der Waals surface area contributed by atoms with E-state index in [1.807, 2.05) is 36.4 Å². The van der Waals surface area contributed by atoms with E-state index < -0.39 is 9.84 Å². The number of benzene rings is 1. The van der Waals surface area contributed by atoms with Gasteiger partial charge in [-0.25, -0.2) is 8.42 Å². The fourth-order valence-electron chi connectivity index (χ4n) is 3.00. The average molecular weight is 365 g/mol. The molecule has 1 atom stereocenters. The van der Waals surface area contributed by atoms with Crippen molar-refractivity contribution in [2.24, 2.45) is 0 Å². The van der Waals surface area contributed by atoms with Gasteiger partial charge in [-0.15, -0.1) is 11.3 Å². The Labute approximate surface area is 148 Å². The fourth-order valence-corrected chi connectivity index (χ4v) is 6.47. The fraction of sp³-hybridized carbons (Fsp3) is 0.474. The third kappa shape index (κ3) is 4.01. The van der Waals surface area contributed by atoms with Crippen molar-refractivity contribution in [2.75, 3.05) is 12.4 Å². The summed E-state index contributed by atoms with van der Waals surface area (Å²) in [6.45, 7) is 2.89. The van der Waals surface area contributed by atoms with E-state index >= 15 is 0 Å². The smallest absolute Gasteiger partial charge is 0.158 e. The van der Waals surface area contributed by atoms with Crippen LogP contribution in [-0.4, -0.2) is 20.8 Å². The van der Waals surface area contributed by atoms with Crippen LogP contribution in [0.4, 0.5) is 0 Å². The molecular weight excluding hydrogens is 340 g/mol. The lowest BCUT2D eigenvalue weighted by Gasteiger charge is -2.20. The first-order valence-corrected chi connectivity index (χ1v) is 11.2. The molecule has 2 aromatic rings. The first kappa shape index (κ1) is 17.5. The average Bonchev–Trinajstić information content (AvgIpc) is 3.05. The Bertz CT molecular complexity index is 760. The van der Waals surface area contributed by atoms with E-state index in [0.717, 1.165) is 59.8 Å². The minimum absolute atomic E-state index is 0.304. The summed E-state index contributed by atoms with van der Waals surface area (Å²) < 4.78 is 30.3. The third-order valence-electron chi connectivity index (χ3n) is 4.43. The van der Waals surface area contributed by atoms with Crippen LogP contribution in [0.2, 0.25) is 0 Å². The van der Waals surface area contributed by atoms with Gasteiger partial charge in [-0.3, -0.25) is 0 Å². The standard InChI is InChI=1S/C19H24O3S2/c1-2-3-13-22-16-9-7-15(8-10-16)17-11-12-18(23-17)19-6-4-5-14-24(19,20)21/h7-12,19H,2-6,13-14H2,1H3/t19-/m0/s1. The van der Waals surface area contributed by atoms with Crippen molar-refractivity contribution < 1.29 is 13.2 Å². The Morgan fingerprint density at radius 3 is 2.62 bits per heavy atom. The number of hydrogen-bond donors (Lipinski definition) is 0. The van der Waals surface area contributed by atoms with Crippen LogP contribution in [0, 0.1) is 0 Å². The summed E-state index contributed by atoms with van der Waals surface area (Å²) in [6.07, 6.45) is 4.75. The predicted molar refractivity (Wildman–Crippen MR) is 101 cm³/mol. The molecule has 2 heterocycles. The summed E-state index contributed by atoms with van der Waals surface area (Å²) in [7, 11) is -2.97. The van der Waals surface area contributed by atoms with Gasteiger partial charge >= 0.3 is 0 Å². The number of rotatable bonds is 6. The van der Waals surface area contributed by atoms with Crippen molar-refractivity contribution in [3.63, 3.8) is 0 Å². The lowest BCUT2D eigenvalue weighted by molar-refractivity contribution is 0.309. The maximum absolute atomic E-state index is 12.3. The van der Waals surface area contributed by atoms with Crippen LogP contribution in [0.3, 0.4) is 0 Å². The van der Waals surface area contributed by atoms with Crippen LogP contribution in [-0.2, 0) is 9.84 Å². The lowest BCUT2D eigenvalue weighted by Crippen LogP contribution is -2.20. The van der Waals surface area contributed by atoms with Gasteiger partial charge in [0, 0.05) is 9.75 Å². The predicted octanol–water partition coefficient (Wildman–Crippen LogP) is 5.23. The van der Waals surface area contributed by atoms with E-state index in [2.05, 4.69) is 6.92 Å². The maximum Gasteiger partial charge on any atom is 0.158 e. The summed E-state index contributed by atoms with van der Waals surface area (Å²) in [5.41, 5.74) is 1.11. The van der Waals surface area contributed by atoms with Gasteiger partial charge in [0.2, 0.25) is 0 Å². The second-order valence-electron chi connectivity index (χ2n) is 6.28. The van der Waals surface area contributed by atoms with E-state index in [9.17, 15) is 8.42 Å². The van der Waals surface area contributed by atoms with Gasteiger partial charge in [-0.05, 0) is 61.2 Å². The first-order valence-electron chi connectivity index (χ1n) is 8.64. The molecule has 1 saturated heterocycles. The molecule has 5 heteroatoms. The first-order chi connectivity index (χ1) is 11.6. The molecule has 1 aromatic heterocycles. The molecule has 0 unspecified atom stereocenters. The Morgan fingerprint density at radius 1 is 1.12 bits per heavy atom. The monoisotopic (exact) mass is 364 g/mol. The molecular formula is C19H24O3S2. The molecule has 1 fully saturated rings. The second kappa shape index (κ2) is 7.70. The van der Waals surface area contributed by atoms with Gasteiger partial charge in [-0.2, -0.15) is 0 Å². The summed E-state index contributed by atoms with van der Waals surface area (Å²) >= 11 is 1.60. The molecule has 0 N–H and O–H groups in total. The zero-order valence-corrected chi connectivity index (χ0v) is 15.7. The zero-order chi connectivity index (χ0) is 17.0. The van der Waals surface area contributed by atoms with Crippen molar-refractivity contribution in [1.82, 2.24) is 0 Å². The molecule has 3 rings (SSSR count). The SMILES string of the molecule is CCCCOc1ccc(-c2ccc([C@@H]3CCCCS3(=O)=O)s2)cc1. The van der Waals surface area contributed by atoms with E-state index in [1.165, 1.54) is 0 Å². The van der Waals surface area contributed by atoms with Crippen LogP contribution < -0.4 is 4.74 Å². The molecule has 0 aliphatic carbocycles. The molecule has 130 valence electrons. The highest BCUT2D eigenvalue weighted by molar-refractivity contribution is 7.91. The van der Waals surface area contributed by atoms with Gasteiger partial charge in [0.25, 0.3) is 0 Å². The quantitative estimate of drug-likeness (QED) is 0.659. The minimum atomic E-state index is -2.97. The second-order valence-corrected chi connectivity index (χ2v) is 9.70. The summed E-state index contributed by atoms with van der Waals surface area (Å²) in [4.78, 5) is 2.10. The van der Waals surface area contributed by atoms with E-state index in [1.54, 1.807) is 11.3 Å². The van der Waals surface area contributed by atoms with Crippen molar-refractivity contribution in [3.05, 3.63) is 41.3 Å². The number of sulfone groups is 1. The molecule has 0 saturated carbocycles. The van der Waals surface area contributed by atoms with Gasteiger partial charge < -0.3 is 4.74 Å². The van der Waals surface area contributed by atoms with Crippen molar-refractivity contribution in [2.45, 2.75) is 44.3 Å². The number of hydrogen-bond acceptors (Lipinski definition) is 4. The Kier molecular flexibility index (Phi) is 5.61. The highest BCUT2D eigenvalue weighted by Gasteiger charge is 2.31. The van der Waals surface area contributed by atoms with Gasteiger partial charge in [0.1, 0.15) is 5.75 Å². The van der Waals surface area contributed by atoms with Crippen LogP contribution in [0.5, 0.6) is 5.75 Å². The molecule has 0 spiro atoms. The molecule has 1 aliphatic rings. The summed E-state index contributed by atoms with van der Waals surface area (Å²) in [6, 6.07) is 12.1. The molecule has 24 heavy (non-hydrogen) atoms. The number of thiophene rings is 1.